The van der Waals surface area contributed by atoms with Crippen molar-refractivity contribution in [3.8, 4) is 5.75 Å². The zero-order valence-corrected chi connectivity index (χ0v) is 11.5. The number of ether oxygens (including phenoxy) is 1. The van der Waals surface area contributed by atoms with Gasteiger partial charge in [0.15, 0.2) is 0 Å². The summed E-state index contributed by atoms with van der Waals surface area (Å²) in [4.78, 5) is 2.43. The van der Waals surface area contributed by atoms with E-state index in [9.17, 15) is 0 Å². The van der Waals surface area contributed by atoms with Gasteiger partial charge in [-0.05, 0) is 37.1 Å². The maximum atomic E-state index is 5.33. The Morgan fingerprint density at radius 1 is 1.22 bits per heavy atom. The molecule has 1 aromatic carbocycles. The summed E-state index contributed by atoms with van der Waals surface area (Å²) < 4.78 is 5.33. The molecule has 0 spiro atoms. The van der Waals surface area contributed by atoms with Crippen molar-refractivity contribution >= 4 is 5.69 Å². The van der Waals surface area contributed by atoms with Gasteiger partial charge in [-0.15, -0.1) is 0 Å². The topological polar surface area (TPSA) is 36.5 Å². The molecule has 4 heteroatoms. The average Bonchev–Trinajstić information content (AvgIpc) is 2.42. The Bertz CT molecular complexity index is 400. The number of methoxy groups -OCH3 is 1. The van der Waals surface area contributed by atoms with E-state index in [0.29, 0.717) is 0 Å². The summed E-state index contributed by atoms with van der Waals surface area (Å²) in [6.45, 7) is 9.55. The lowest BCUT2D eigenvalue weighted by molar-refractivity contribution is 0.256. The lowest BCUT2D eigenvalue weighted by Gasteiger charge is -2.28. The van der Waals surface area contributed by atoms with Gasteiger partial charge in [-0.25, -0.2) is 0 Å². The first kappa shape index (κ1) is 13.2. The molecule has 0 aromatic heterocycles. The van der Waals surface area contributed by atoms with Crippen LogP contribution in [0.15, 0.2) is 12.1 Å². The van der Waals surface area contributed by atoms with Crippen molar-refractivity contribution in [3.05, 3.63) is 23.3 Å². The summed E-state index contributed by atoms with van der Waals surface area (Å²) in [7, 11) is 1.72. The van der Waals surface area contributed by atoms with Crippen molar-refractivity contribution in [2.75, 3.05) is 45.3 Å². The predicted octanol–water partition coefficient (Wildman–Crippen LogP) is 1.59. The maximum absolute atomic E-state index is 5.33. The van der Waals surface area contributed by atoms with E-state index in [1.165, 1.54) is 16.8 Å². The summed E-state index contributed by atoms with van der Waals surface area (Å²) in [5.74, 6) is 0.959. The molecule has 2 rings (SSSR count). The quantitative estimate of drug-likeness (QED) is 0.849. The van der Waals surface area contributed by atoms with Crippen molar-refractivity contribution in [1.29, 1.82) is 0 Å². The van der Waals surface area contributed by atoms with E-state index in [-0.39, 0.29) is 0 Å². The fourth-order valence-corrected chi connectivity index (χ4v) is 2.27. The van der Waals surface area contributed by atoms with Crippen LogP contribution >= 0.6 is 0 Å². The van der Waals surface area contributed by atoms with E-state index in [1.807, 2.05) is 6.07 Å². The molecule has 1 saturated heterocycles. The molecule has 1 aliphatic heterocycles. The molecule has 100 valence electrons. The number of rotatable bonds is 4. The molecular formula is C14H23N3O. The number of benzene rings is 1. The summed E-state index contributed by atoms with van der Waals surface area (Å²) in [6, 6.07) is 4.13. The fraction of sp³-hybridized carbons (Fsp3) is 0.571. The molecule has 0 aliphatic carbocycles. The molecule has 18 heavy (non-hydrogen) atoms. The van der Waals surface area contributed by atoms with Crippen LogP contribution < -0.4 is 15.4 Å². The molecule has 2 N–H and O–H groups in total. The van der Waals surface area contributed by atoms with Crippen LogP contribution in [0.5, 0.6) is 5.75 Å². The minimum absolute atomic E-state index is 0.911. The fourth-order valence-electron chi connectivity index (χ4n) is 2.27. The second-order valence-corrected chi connectivity index (χ2v) is 4.77. The van der Waals surface area contributed by atoms with Gasteiger partial charge < -0.3 is 15.4 Å². The van der Waals surface area contributed by atoms with Crippen molar-refractivity contribution in [2.24, 2.45) is 0 Å². The Kier molecular flexibility index (Phi) is 4.44. The highest BCUT2D eigenvalue weighted by molar-refractivity contribution is 5.58. The smallest absolute Gasteiger partial charge is 0.122 e. The van der Waals surface area contributed by atoms with Crippen molar-refractivity contribution in [3.63, 3.8) is 0 Å². The van der Waals surface area contributed by atoms with Crippen LogP contribution in [-0.4, -0.2) is 44.9 Å². The largest absolute Gasteiger partial charge is 0.496 e. The molecule has 0 atom stereocenters. The van der Waals surface area contributed by atoms with Gasteiger partial charge in [-0.1, -0.05) is 0 Å². The number of hydrogen-bond acceptors (Lipinski definition) is 4. The second kappa shape index (κ2) is 6.07. The molecule has 4 nitrogen and oxygen atoms in total. The Labute approximate surface area is 109 Å². The summed E-state index contributed by atoms with van der Waals surface area (Å²) >= 11 is 0. The van der Waals surface area contributed by atoms with Crippen LogP contribution in [-0.2, 0) is 0 Å². The number of nitrogens with one attached hydrogen (secondary N) is 2. The standard InChI is InChI=1S/C14H23N3O/c1-11-12(2)14(18-3)5-4-13(11)16-10-17-8-6-15-7-9-17/h4-5,15-16H,6-10H2,1-3H3. The maximum Gasteiger partial charge on any atom is 0.122 e. The lowest BCUT2D eigenvalue weighted by Crippen LogP contribution is -2.45. The van der Waals surface area contributed by atoms with E-state index in [1.54, 1.807) is 7.11 Å². The van der Waals surface area contributed by atoms with Crippen LogP contribution in [0.2, 0.25) is 0 Å². The first-order chi connectivity index (χ1) is 8.72. The van der Waals surface area contributed by atoms with E-state index >= 15 is 0 Å². The Balaban J connectivity index is 1.98. The number of hydrogen-bond donors (Lipinski definition) is 2. The van der Waals surface area contributed by atoms with E-state index in [0.717, 1.165) is 38.6 Å². The third kappa shape index (κ3) is 2.94. The van der Waals surface area contributed by atoms with Crippen molar-refractivity contribution < 1.29 is 4.74 Å². The van der Waals surface area contributed by atoms with Crippen molar-refractivity contribution in [2.45, 2.75) is 13.8 Å². The SMILES string of the molecule is COc1ccc(NCN2CCNCC2)c(C)c1C. The highest BCUT2D eigenvalue weighted by Gasteiger charge is 2.10. The first-order valence-corrected chi connectivity index (χ1v) is 6.53. The highest BCUT2D eigenvalue weighted by Crippen LogP contribution is 2.27. The normalized spacial score (nSPS) is 16.6. The first-order valence-electron chi connectivity index (χ1n) is 6.53. The third-order valence-electron chi connectivity index (χ3n) is 3.66. The zero-order chi connectivity index (χ0) is 13.0. The molecule has 1 aromatic rings. The van der Waals surface area contributed by atoms with Gasteiger partial charge in [0.05, 0.1) is 13.8 Å². The van der Waals surface area contributed by atoms with Gasteiger partial charge in [0, 0.05) is 31.9 Å². The number of piperazine rings is 1. The summed E-state index contributed by atoms with van der Waals surface area (Å²) in [5.41, 5.74) is 3.68. The summed E-state index contributed by atoms with van der Waals surface area (Å²) in [6.07, 6.45) is 0. The molecule has 0 bridgehead atoms. The highest BCUT2D eigenvalue weighted by atomic mass is 16.5. The Morgan fingerprint density at radius 3 is 2.61 bits per heavy atom. The van der Waals surface area contributed by atoms with Crippen molar-refractivity contribution in [1.82, 2.24) is 10.2 Å². The van der Waals surface area contributed by atoms with Crippen LogP contribution in [0.1, 0.15) is 11.1 Å². The molecule has 0 unspecified atom stereocenters. The van der Waals surface area contributed by atoms with E-state index in [4.69, 9.17) is 4.74 Å². The Morgan fingerprint density at radius 2 is 1.94 bits per heavy atom. The zero-order valence-electron chi connectivity index (χ0n) is 11.5. The summed E-state index contributed by atoms with van der Waals surface area (Å²) in [5, 5.41) is 6.88. The predicted molar refractivity (Wildman–Crippen MR) is 75.4 cm³/mol. The monoisotopic (exact) mass is 249 g/mol. The lowest BCUT2D eigenvalue weighted by atomic mass is 10.1. The van der Waals surface area contributed by atoms with E-state index < -0.39 is 0 Å². The van der Waals surface area contributed by atoms with Gasteiger partial charge in [-0.2, -0.15) is 0 Å². The molecule has 0 saturated carbocycles. The Hall–Kier alpha value is -1.26. The van der Waals surface area contributed by atoms with Crippen LogP contribution in [0.25, 0.3) is 0 Å². The average molecular weight is 249 g/mol. The molecular weight excluding hydrogens is 226 g/mol. The van der Waals surface area contributed by atoms with Crippen LogP contribution in [0.4, 0.5) is 5.69 Å². The molecule has 1 aliphatic rings. The van der Waals surface area contributed by atoms with Crippen LogP contribution in [0.3, 0.4) is 0 Å². The minimum atomic E-state index is 0.911. The third-order valence-corrected chi connectivity index (χ3v) is 3.66. The number of anilines is 1. The van der Waals surface area contributed by atoms with Gasteiger partial charge in [0.2, 0.25) is 0 Å². The molecule has 0 amide bonds. The second-order valence-electron chi connectivity index (χ2n) is 4.77. The molecule has 0 radical (unpaired) electrons. The van der Waals surface area contributed by atoms with Gasteiger partial charge >= 0.3 is 0 Å². The minimum Gasteiger partial charge on any atom is -0.496 e. The van der Waals surface area contributed by atoms with Gasteiger partial charge in [0.1, 0.15) is 5.75 Å². The van der Waals surface area contributed by atoms with Gasteiger partial charge in [-0.3, -0.25) is 4.90 Å². The number of nitrogens with zero attached hydrogens (tertiary/aromatic N) is 1. The van der Waals surface area contributed by atoms with E-state index in [2.05, 4.69) is 35.4 Å². The van der Waals surface area contributed by atoms with Gasteiger partial charge in [0.25, 0.3) is 0 Å². The molecule has 1 fully saturated rings. The van der Waals surface area contributed by atoms with Crippen LogP contribution in [0, 0.1) is 13.8 Å². The molecule has 1 heterocycles.